The van der Waals surface area contributed by atoms with Gasteiger partial charge in [0.25, 0.3) is 0 Å². The largest absolute Gasteiger partial charge is 0.573 e. The summed E-state index contributed by atoms with van der Waals surface area (Å²) in [4.78, 5) is 0. The minimum Gasteiger partial charge on any atom is -0.406 e. The molecule has 1 rings (SSSR count). The lowest BCUT2D eigenvalue weighted by Crippen LogP contribution is -2.34. The van der Waals surface area contributed by atoms with E-state index in [0.717, 1.165) is 0 Å². The summed E-state index contributed by atoms with van der Waals surface area (Å²) in [6, 6.07) is 5.37. The summed E-state index contributed by atoms with van der Waals surface area (Å²) in [6.07, 6.45) is -4.73. The zero-order valence-corrected chi connectivity index (χ0v) is 10.4. The Kier molecular flexibility index (Phi) is 5.02. The van der Waals surface area contributed by atoms with Gasteiger partial charge in [-0.25, -0.2) is 0 Å². The normalized spacial score (nSPS) is 12.3. The quantitative estimate of drug-likeness (QED) is 0.745. The predicted octanol–water partition coefficient (Wildman–Crippen LogP) is 1.99. The van der Waals surface area contributed by atoms with Gasteiger partial charge < -0.3 is 20.3 Å². The van der Waals surface area contributed by atoms with E-state index in [9.17, 15) is 13.2 Å². The van der Waals surface area contributed by atoms with Gasteiger partial charge in [-0.3, -0.25) is 0 Å². The van der Waals surface area contributed by atoms with Crippen LogP contribution in [0.2, 0.25) is 0 Å². The Hall–Kier alpha value is -1.47. The SMILES string of the molecule is CC(CO)(CO)CNc1cccc(OC(F)(F)F)c1. The smallest absolute Gasteiger partial charge is 0.406 e. The lowest BCUT2D eigenvalue weighted by molar-refractivity contribution is -0.274. The van der Waals surface area contributed by atoms with Crippen molar-refractivity contribution < 1.29 is 28.1 Å². The summed E-state index contributed by atoms with van der Waals surface area (Å²) in [5.41, 5.74) is -0.337. The van der Waals surface area contributed by atoms with E-state index in [1.807, 2.05) is 0 Å². The number of anilines is 1. The Balaban J connectivity index is 2.67. The lowest BCUT2D eigenvalue weighted by atomic mass is 9.93. The molecule has 1 aromatic rings. The molecule has 0 unspecified atom stereocenters. The molecule has 0 bridgehead atoms. The standard InChI is InChI=1S/C12H16F3NO3/c1-11(7-17,8-18)6-16-9-3-2-4-10(5-9)19-12(13,14)15/h2-5,16-18H,6-8H2,1H3. The first-order valence-electron chi connectivity index (χ1n) is 5.59. The Morgan fingerprint density at radius 1 is 1.21 bits per heavy atom. The number of halogens is 3. The van der Waals surface area contributed by atoms with Gasteiger partial charge in [0.15, 0.2) is 0 Å². The minimum absolute atomic E-state index is 0.218. The van der Waals surface area contributed by atoms with Crippen LogP contribution in [0.5, 0.6) is 5.75 Å². The molecule has 3 N–H and O–H groups in total. The monoisotopic (exact) mass is 279 g/mol. The molecule has 0 heterocycles. The van der Waals surface area contributed by atoms with Gasteiger partial charge >= 0.3 is 6.36 Å². The van der Waals surface area contributed by atoms with Crippen LogP contribution in [0.4, 0.5) is 18.9 Å². The molecule has 19 heavy (non-hydrogen) atoms. The highest BCUT2D eigenvalue weighted by molar-refractivity contribution is 5.48. The summed E-state index contributed by atoms with van der Waals surface area (Å²) < 4.78 is 39.9. The Morgan fingerprint density at radius 2 is 1.84 bits per heavy atom. The molecule has 0 aromatic heterocycles. The van der Waals surface area contributed by atoms with Crippen LogP contribution in [-0.2, 0) is 0 Å². The number of benzene rings is 1. The molecule has 0 atom stereocenters. The number of hydrogen-bond acceptors (Lipinski definition) is 4. The van der Waals surface area contributed by atoms with Crippen molar-refractivity contribution in [3.63, 3.8) is 0 Å². The van der Waals surface area contributed by atoms with Gasteiger partial charge in [-0.1, -0.05) is 13.0 Å². The summed E-state index contributed by atoms with van der Waals surface area (Å²) in [7, 11) is 0. The zero-order valence-electron chi connectivity index (χ0n) is 10.4. The average molecular weight is 279 g/mol. The maximum absolute atomic E-state index is 12.0. The number of aliphatic hydroxyl groups is 2. The second kappa shape index (κ2) is 6.12. The van der Waals surface area contributed by atoms with Crippen LogP contribution in [0, 0.1) is 5.41 Å². The predicted molar refractivity (Wildman–Crippen MR) is 63.9 cm³/mol. The van der Waals surface area contributed by atoms with Crippen molar-refractivity contribution >= 4 is 5.69 Å². The van der Waals surface area contributed by atoms with Gasteiger partial charge in [0.1, 0.15) is 5.75 Å². The van der Waals surface area contributed by atoms with E-state index in [0.29, 0.717) is 5.69 Å². The molecule has 1 aromatic carbocycles. The fourth-order valence-corrected chi connectivity index (χ4v) is 1.28. The van der Waals surface area contributed by atoms with E-state index in [-0.39, 0.29) is 25.5 Å². The lowest BCUT2D eigenvalue weighted by Gasteiger charge is -2.25. The van der Waals surface area contributed by atoms with Gasteiger partial charge in [-0.15, -0.1) is 13.2 Å². The molecule has 0 aliphatic heterocycles. The highest BCUT2D eigenvalue weighted by Gasteiger charge is 2.31. The van der Waals surface area contributed by atoms with E-state index in [4.69, 9.17) is 10.2 Å². The molecule has 0 aliphatic rings. The molecule has 108 valence electrons. The molecular weight excluding hydrogens is 263 g/mol. The number of nitrogens with one attached hydrogen (secondary N) is 1. The van der Waals surface area contributed by atoms with Crippen LogP contribution in [0.25, 0.3) is 0 Å². The fourth-order valence-electron chi connectivity index (χ4n) is 1.28. The van der Waals surface area contributed by atoms with Crippen LogP contribution in [-0.4, -0.2) is 36.3 Å². The molecule has 7 heteroatoms. The maximum Gasteiger partial charge on any atom is 0.573 e. The molecule has 0 saturated carbocycles. The van der Waals surface area contributed by atoms with Crippen LogP contribution >= 0.6 is 0 Å². The third-order valence-corrected chi connectivity index (χ3v) is 2.55. The number of ether oxygens (including phenoxy) is 1. The van der Waals surface area contributed by atoms with Gasteiger partial charge in [0, 0.05) is 23.7 Å². The van der Waals surface area contributed by atoms with Gasteiger partial charge in [-0.2, -0.15) is 0 Å². The first-order chi connectivity index (χ1) is 8.78. The van der Waals surface area contributed by atoms with Crippen molar-refractivity contribution in [1.82, 2.24) is 0 Å². The molecule has 0 amide bonds. The number of alkyl halides is 3. The Bertz CT molecular complexity index is 405. The van der Waals surface area contributed by atoms with Gasteiger partial charge in [0.05, 0.1) is 13.2 Å². The number of rotatable bonds is 6. The molecule has 0 spiro atoms. The maximum atomic E-state index is 12.0. The summed E-state index contributed by atoms with van der Waals surface area (Å²) >= 11 is 0. The van der Waals surface area contributed by atoms with Crippen LogP contribution in [0.15, 0.2) is 24.3 Å². The topological polar surface area (TPSA) is 61.7 Å². The highest BCUT2D eigenvalue weighted by Crippen LogP contribution is 2.25. The van der Waals surface area contributed by atoms with E-state index in [2.05, 4.69) is 10.1 Å². The third kappa shape index (κ3) is 5.35. The average Bonchev–Trinajstić information content (AvgIpc) is 2.34. The highest BCUT2D eigenvalue weighted by atomic mass is 19.4. The van der Waals surface area contributed by atoms with Crippen LogP contribution in [0.1, 0.15) is 6.92 Å². The second-order valence-electron chi connectivity index (χ2n) is 4.56. The van der Waals surface area contributed by atoms with Crippen molar-refractivity contribution in [1.29, 1.82) is 0 Å². The fraction of sp³-hybridized carbons (Fsp3) is 0.500. The summed E-state index contributed by atoms with van der Waals surface area (Å²) in [5.74, 6) is -0.327. The summed E-state index contributed by atoms with van der Waals surface area (Å²) in [6.45, 7) is 1.38. The van der Waals surface area contributed by atoms with Crippen molar-refractivity contribution in [3.8, 4) is 5.75 Å². The van der Waals surface area contributed by atoms with E-state index >= 15 is 0 Å². The van der Waals surface area contributed by atoms with Crippen LogP contribution < -0.4 is 10.1 Å². The molecule has 4 nitrogen and oxygen atoms in total. The molecule has 0 aliphatic carbocycles. The molecule has 0 saturated heterocycles. The first-order valence-corrected chi connectivity index (χ1v) is 5.59. The Labute approximate surface area is 108 Å². The van der Waals surface area contributed by atoms with Crippen LogP contribution in [0.3, 0.4) is 0 Å². The van der Waals surface area contributed by atoms with Gasteiger partial charge in [-0.05, 0) is 12.1 Å². The number of hydrogen-bond donors (Lipinski definition) is 3. The van der Waals surface area contributed by atoms with E-state index in [1.54, 1.807) is 13.0 Å². The zero-order chi connectivity index (χ0) is 14.5. The molecule has 0 radical (unpaired) electrons. The first kappa shape index (κ1) is 15.6. The molecule has 0 fully saturated rings. The van der Waals surface area contributed by atoms with E-state index < -0.39 is 11.8 Å². The van der Waals surface area contributed by atoms with Crippen molar-refractivity contribution in [2.75, 3.05) is 25.1 Å². The number of aliphatic hydroxyl groups excluding tert-OH is 2. The third-order valence-electron chi connectivity index (χ3n) is 2.55. The Morgan fingerprint density at radius 3 is 2.37 bits per heavy atom. The minimum atomic E-state index is -4.73. The summed E-state index contributed by atoms with van der Waals surface area (Å²) in [5, 5.41) is 21.0. The van der Waals surface area contributed by atoms with Crippen molar-refractivity contribution in [3.05, 3.63) is 24.3 Å². The second-order valence-corrected chi connectivity index (χ2v) is 4.56. The van der Waals surface area contributed by atoms with Crippen molar-refractivity contribution in [2.24, 2.45) is 5.41 Å². The van der Waals surface area contributed by atoms with Gasteiger partial charge in [0.2, 0.25) is 0 Å². The van der Waals surface area contributed by atoms with E-state index in [1.165, 1.54) is 18.2 Å². The molecular formula is C12H16F3NO3. The van der Waals surface area contributed by atoms with Crippen molar-refractivity contribution in [2.45, 2.75) is 13.3 Å².